The molecule has 0 aliphatic carbocycles. The van der Waals surface area contributed by atoms with Gasteiger partial charge in [0.25, 0.3) is 0 Å². The van der Waals surface area contributed by atoms with E-state index < -0.39 is 0 Å². The molecule has 7 nitrogen and oxygen atoms in total. The molecular formula is C16H22BrN5O2. The lowest BCUT2D eigenvalue weighted by atomic mass is 10.1. The first kappa shape index (κ1) is 17.2. The number of aromatic amines is 1. The van der Waals surface area contributed by atoms with Crippen molar-refractivity contribution in [3.63, 3.8) is 0 Å². The number of hydrogen-bond acceptors (Lipinski definition) is 5. The summed E-state index contributed by atoms with van der Waals surface area (Å²) < 4.78 is 6.06. The van der Waals surface area contributed by atoms with Gasteiger partial charge >= 0.3 is 0 Å². The predicted octanol–water partition coefficient (Wildman–Crippen LogP) is 2.23. The van der Waals surface area contributed by atoms with Crippen LogP contribution >= 0.6 is 15.9 Å². The molecule has 1 atom stereocenters. The summed E-state index contributed by atoms with van der Waals surface area (Å²) in [6.07, 6.45) is 5.63. The Kier molecular flexibility index (Phi) is 5.37. The van der Waals surface area contributed by atoms with Crippen molar-refractivity contribution in [1.82, 2.24) is 9.97 Å². The minimum Gasteiger partial charge on any atom is -0.372 e. The quantitative estimate of drug-likeness (QED) is 0.720. The molecule has 3 heterocycles. The van der Waals surface area contributed by atoms with Crippen LogP contribution in [0.3, 0.4) is 0 Å². The first-order chi connectivity index (χ1) is 11.6. The number of piperidine rings is 1. The van der Waals surface area contributed by atoms with Crippen LogP contribution in [0.5, 0.6) is 0 Å². The molecule has 130 valence electrons. The van der Waals surface area contributed by atoms with Gasteiger partial charge in [0.1, 0.15) is 12.3 Å². The van der Waals surface area contributed by atoms with Crippen LogP contribution in [0.15, 0.2) is 16.9 Å². The number of anilines is 2. The summed E-state index contributed by atoms with van der Waals surface area (Å²) in [7, 11) is 0. The van der Waals surface area contributed by atoms with Gasteiger partial charge in [-0.2, -0.15) is 0 Å². The number of H-pyrrole nitrogens is 1. The number of ether oxygens (including phenoxy) is 1. The minimum atomic E-state index is -0.181. The zero-order valence-corrected chi connectivity index (χ0v) is 15.2. The molecule has 2 aromatic rings. The molecule has 1 aliphatic rings. The lowest BCUT2D eigenvalue weighted by Gasteiger charge is -2.33. The molecule has 1 fully saturated rings. The maximum absolute atomic E-state index is 12.0. The Morgan fingerprint density at radius 2 is 2.46 bits per heavy atom. The Hall–Kier alpha value is -1.64. The van der Waals surface area contributed by atoms with E-state index >= 15 is 0 Å². The van der Waals surface area contributed by atoms with E-state index in [1.165, 1.54) is 0 Å². The molecule has 4 N–H and O–H groups in total. The molecule has 0 spiro atoms. The number of hydrogen-bond donors (Lipinski definition) is 3. The molecule has 2 aromatic heterocycles. The molecule has 0 aromatic carbocycles. The lowest BCUT2D eigenvalue weighted by Crippen LogP contribution is -2.43. The van der Waals surface area contributed by atoms with Crippen molar-refractivity contribution in [2.45, 2.75) is 25.8 Å². The summed E-state index contributed by atoms with van der Waals surface area (Å²) >= 11 is 3.60. The number of nitrogens with two attached hydrogens (primary N) is 1. The highest BCUT2D eigenvalue weighted by Crippen LogP contribution is 2.38. The fraction of sp³-hybridized carbons (Fsp3) is 0.500. The van der Waals surface area contributed by atoms with Crippen LogP contribution in [0, 0.1) is 0 Å². The van der Waals surface area contributed by atoms with Gasteiger partial charge in [-0.1, -0.05) is 0 Å². The number of fused-ring (bicyclic) bond motifs is 1. The highest BCUT2D eigenvalue weighted by atomic mass is 79.9. The largest absolute Gasteiger partial charge is 0.372 e. The lowest BCUT2D eigenvalue weighted by molar-refractivity contribution is -0.120. The molecule has 0 radical (unpaired) electrons. The zero-order chi connectivity index (χ0) is 17.1. The minimum absolute atomic E-state index is 0.0362. The van der Waals surface area contributed by atoms with Gasteiger partial charge in [0.05, 0.1) is 21.2 Å². The number of carbonyl (C=O) groups is 1. The number of rotatable bonds is 5. The van der Waals surface area contributed by atoms with Gasteiger partial charge in [0.2, 0.25) is 5.91 Å². The maximum atomic E-state index is 12.0. The molecule has 0 bridgehead atoms. The summed E-state index contributed by atoms with van der Waals surface area (Å²) in [5.41, 5.74) is 8.60. The third-order valence-corrected chi connectivity index (χ3v) is 4.70. The van der Waals surface area contributed by atoms with Gasteiger partial charge in [0, 0.05) is 38.1 Å². The van der Waals surface area contributed by atoms with Crippen LogP contribution in [-0.4, -0.2) is 48.2 Å². The van der Waals surface area contributed by atoms with Crippen molar-refractivity contribution in [3.8, 4) is 0 Å². The molecule has 1 aliphatic heterocycles. The van der Waals surface area contributed by atoms with Gasteiger partial charge in [-0.25, -0.2) is 4.98 Å². The first-order valence-corrected chi connectivity index (χ1v) is 8.93. The predicted molar refractivity (Wildman–Crippen MR) is 98.3 cm³/mol. The number of nitrogens with one attached hydrogen (secondary N) is 2. The van der Waals surface area contributed by atoms with E-state index in [1.807, 2.05) is 6.92 Å². The van der Waals surface area contributed by atoms with Crippen LogP contribution in [0.2, 0.25) is 0 Å². The maximum Gasteiger partial charge on any atom is 0.250 e. The van der Waals surface area contributed by atoms with E-state index in [4.69, 9.17) is 10.5 Å². The number of amides is 1. The fourth-order valence-electron chi connectivity index (χ4n) is 3.06. The third kappa shape index (κ3) is 3.55. The highest BCUT2D eigenvalue weighted by molar-refractivity contribution is 9.10. The molecule has 0 saturated carbocycles. The monoisotopic (exact) mass is 395 g/mol. The molecular weight excluding hydrogens is 374 g/mol. The van der Waals surface area contributed by atoms with Crippen LogP contribution in [0.4, 0.5) is 11.4 Å². The molecule has 8 heteroatoms. The summed E-state index contributed by atoms with van der Waals surface area (Å²) in [6, 6.07) is 0.156. The fourth-order valence-corrected chi connectivity index (χ4v) is 3.61. The number of pyridine rings is 1. The Balaban J connectivity index is 1.96. The van der Waals surface area contributed by atoms with Gasteiger partial charge < -0.3 is 25.7 Å². The topological polar surface area (TPSA) is 96.3 Å². The zero-order valence-electron chi connectivity index (χ0n) is 13.6. The van der Waals surface area contributed by atoms with Gasteiger partial charge in [-0.15, -0.1) is 0 Å². The summed E-state index contributed by atoms with van der Waals surface area (Å²) in [5, 5.41) is 3.80. The Bertz CT molecular complexity index is 733. The van der Waals surface area contributed by atoms with Crippen molar-refractivity contribution < 1.29 is 9.53 Å². The van der Waals surface area contributed by atoms with Crippen LogP contribution < -0.4 is 16.0 Å². The Morgan fingerprint density at radius 3 is 3.21 bits per heavy atom. The smallest absolute Gasteiger partial charge is 0.250 e. The second kappa shape index (κ2) is 7.50. The highest BCUT2D eigenvalue weighted by Gasteiger charge is 2.23. The summed E-state index contributed by atoms with van der Waals surface area (Å²) in [5.74, 6) is -0.181. The van der Waals surface area contributed by atoms with E-state index in [1.54, 1.807) is 12.4 Å². The van der Waals surface area contributed by atoms with Crippen LogP contribution in [0.1, 0.15) is 19.8 Å². The number of nitrogens with zero attached hydrogens (tertiary/aromatic N) is 2. The second-order valence-electron chi connectivity index (χ2n) is 5.91. The van der Waals surface area contributed by atoms with E-state index in [0.717, 1.165) is 47.1 Å². The molecule has 3 rings (SSSR count). The molecule has 1 amide bonds. The Labute approximate surface area is 149 Å². The average molecular weight is 396 g/mol. The van der Waals surface area contributed by atoms with E-state index in [9.17, 15) is 4.79 Å². The van der Waals surface area contributed by atoms with E-state index in [-0.39, 0.29) is 18.6 Å². The van der Waals surface area contributed by atoms with Crippen molar-refractivity contribution >= 4 is 44.2 Å². The normalized spacial score (nSPS) is 18.1. The van der Waals surface area contributed by atoms with Gasteiger partial charge in [0.15, 0.2) is 0 Å². The first-order valence-electron chi connectivity index (χ1n) is 8.13. The number of halogens is 1. The Morgan fingerprint density at radius 1 is 1.62 bits per heavy atom. The van der Waals surface area contributed by atoms with E-state index in [2.05, 4.69) is 36.1 Å². The molecule has 24 heavy (non-hydrogen) atoms. The van der Waals surface area contributed by atoms with Crippen molar-refractivity contribution in [2.75, 3.05) is 36.5 Å². The second-order valence-corrected chi connectivity index (χ2v) is 6.77. The summed E-state index contributed by atoms with van der Waals surface area (Å²) in [4.78, 5) is 21.8. The average Bonchev–Trinajstić information content (AvgIpc) is 2.95. The molecule has 1 saturated heterocycles. The third-order valence-electron chi connectivity index (χ3n) is 4.11. The van der Waals surface area contributed by atoms with Gasteiger partial charge in [-0.3, -0.25) is 4.79 Å². The van der Waals surface area contributed by atoms with E-state index in [0.29, 0.717) is 12.3 Å². The van der Waals surface area contributed by atoms with Crippen LogP contribution in [-0.2, 0) is 9.53 Å². The van der Waals surface area contributed by atoms with Crippen LogP contribution in [0.25, 0.3) is 11.0 Å². The van der Waals surface area contributed by atoms with Crippen molar-refractivity contribution in [1.29, 1.82) is 0 Å². The summed E-state index contributed by atoms with van der Waals surface area (Å²) in [6.45, 7) is 4.12. The number of aromatic nitrogens is 2. The van der Waals surface area contributed by atoms with Crippen molar-refractivity contribution in [2.24, 2.45) is 5.73 Å². The SMILES string of the molecule is CCOCC(=O)Nc1c[nH]c2ncc(Br)c(N3CCCC(N)C3)c12. The molecule has 1 unspecified atom stereocenters. The standard InChI is InChI=1S/C16H22BrN5O2/c1-2-24-9-13(23)21-12-7-20-16-14(12)15(11(17)6-19-16)22-5-3-4-10(18)8-22/h6-7,10H,2-5,8-9,18H2,1H3,(H,19,20)(H,21,23). The van der Waals surface area contributed by atoms with Crippen molar-refractivity contribution in [3.05, 3.63) is 16.9 Å². The van der Waals surface area contributed by atoms with Gasteiger partial charge in [-0.05, 0) is 35.7 Å². The number of carbonyl (C=O) groups excluding carboxylic acids is 1.